The van der Waals surface area contributed by atoms with Crippen LogP contribution in [0.1, 0.15) is 54.5 Å². The number of H-pyrrole nitrogens is 1. The zero-order valence-electron chi connectivity index (χ0n) is 17.5. The van der Waals surface area contributed by atoms with E-state index < -0.39 is 0 Å². The molecule has 0 spiro atoms. The van der Waals surface area contributed by atoms with E-state index >= 15 is 0 Å². The Balaban J connectivity index is 1.48. The lowest BCUT2D eigenvalue weighted by molar-refractivity contribution is -0.131. The number of aromatic amines is 1. The number of carbonyl (C=O) groups excluding carboxylic acids is 2. The Morgan fingerprint density at radius 3 is 2.87 bits per heavy atom. The lowest BCUT2D eigenvalue weighted by Gasteiger charge is -2.20. The van der Waals surface area contributed by atoms with Crippen LogP contribution < -0.4 is 0 Å². The maximum Gasteiger partial charge on any atom is 0.222 e. The number of likely N-dealkylation sites (tertiary alicyclic amines) is 1. The normalized spacial score (nSPS) is 15.0. The van der Waals surface area contributed by atoms with Gasteiger partial charge in [-0.2, -0.15) is 0 Å². The van der Waals surface area contributed by atoms with Gasteiger partial charge in [0.05, 0.1) is 12.3 Å². The predicted molar refractivity (Wildman–Crippen MR) is 118 cm³/mol. The molecule has 158 valence electrons. The van der Waals surface area contributed by atoms with Gasteiger partial charge in [-0.05, 0) is 32.8 Å². The molecule has 30 heavy (non-hydrogen) atoms. The van der Waals surface area contributed by atoms with E-state index in [1.54, 1.807) is 0 Å². The topological polar surface area (TPSA) is 83.9 Å². The van der Waals surface area contributed by atoms with Gasteiger partial charge in [-0.25, -0.2) is 0 Å². The number of Topliss-reactive ketones (excluding diaryl/α,β-unsaturated/α-hetero) is 1. The Bertz CT molecular complexity index is 1070. The first-order valence-electron chi connectivity index (χ1n) is 10.5. The van der Waals surface area contributed by atoms with Gasteiger partial charge in [0.25, 0.3) is 0 Å². The fourth-order valence-electron chi connectivity index (χ4n) is 4.08. The number of hydrogen-bond donors (Lipinski definition) is 1. The number of aromatic nitrogens is 4. The number of nitrogens with zero attached hydrogens (tertiary/aromatic N) is 4. The van der Waals surface area contributed by atoms with Crippen molar-refractivity contribution in [2.24, 2.45) is 0 Å². The van der Waals surface area contributed by atoms with E-state index in [-0.39, 0.29) is 11.7 Å². The van der Waals surface area contributed by atoms with Crippen molar-refractivity contribution < 1.29 is 9.59 Å². The molecule has 0 aliphatic carbocycles. The molecule has 0 bridgehead atoms. The number of rotatable bonds is 7. The second-order valence-corrected chi connectivity index (χ2v) is 8.59. The molecular weight excluding hydrogens is 398 g/mol. The van der Waals surface area contributed by atoms with E-state index in [9.17, 15) is 9.59 Å². The summed E-state index contributed by atoms with van der Waals surface area (Å²) in [5, 5.41) is 10.3. The van der Waals surface area contributed by atoms with Gasteiger partial charge < -0.3 is 14.5 Å². The van der Waals surface area contributed by atoms with Crippen molar-refractivity contribution in [3.63, 3.8) is 0 Å². The van der Waals surface area contributed by atoms with E-state index in [2.05, 4.69) is 15.2 Å². The first-order chi connectivity index (χ1) is 14.6. The molecule has 1 saturated heterocycles. The van der Waals surface area contributed by atoms with Crippen LogP contribution in [0.3, 0.4) is 0 Å². The van der Waals surface area contributed by atoms with Crippen LogP contribution in [0.2, 0.25) is 0 Å². The summed E-state index contributed by atoms with van der Waals surface area (Å²) in [5.41, 5.74) is 2.61. The molecule has 3 aromatic rings. The first-order valence-corrected chi connectivity index (χ1v) is 11.5. The van der Waals surface area contributed by atoms with Crippen molar-refractivity contribution in [2.45, 2.75) is 57.8 Å². The Labute approximate surface area is 180 Å². The quantitative estimate of drug-likeness (QED) is 0.457. The van der Waals surface area contributed by atoms with E-state index in [1.165, 1.54) is 11.8 Å². The first kappa shape index (κ1) is 20.7. The van der Waals surface area contributed by atoms with Crippen LogP contribution in [0.5, 0.6) is 0 Å². The zero-order valence-corrected chi connectivity index (χ0v) is 18.3. The fraction of sp³-hybridized carbons (Fsp3) is 0.455. The van der Waals surface area contributed by atoms with Gasteiger partial charge in [0.15, 0.2) is 16.8 Å². The Morgan fingerprint density at radius 1 is 1.20 bits per heavy atom. The number of ketones is 1. The van der Waals surface area contributed by atoms with E-state index in [4.69, 9.17) is 0 Å². The highest BCUT2D eigenvalue weighted by Crippen LogP contribution is 2.26. The Hall–Kier alpha value is -2.61. The molecule has 1 fully saturated rings. The maximum absolute atomic E-state index is 13.0. The maximum atomic E-state index is 13.0. The molecular formula is C22H27N5O2S. The van der Waals surface area contributed by atoms with E-state index in [0.29, 0.717) is 25.3 Å². The Morgan fingerprint density at radius 2 is 2.03 bits per heavy atom. The SMILES string of the molecule is CCn1c(CN2CCCCCC2=O)nnc1SCC(=O)c1c(C)[nH]c2ccccc12. The van der Waals surface area contributed by atoms with Gasteiger partial charge in [0.1, 0.15) is 0 Å². The van der Waals surface area contributed by atoms with Gasteiger partial charge >= 0.3 is 0 Å². The van der Waals surface area contributed by atoms with Gasteiger partial charge in [-0.1, -0.05) is 36.4 Å². The number of amides is 1. The van der Waals surface area contributed by atoms with Crippen LogP contribution in [0.25, 0.3) is 10.9 Å². The molecule has 2 aromatic heterocycles. The lowest BCUT2D eigenvalue weighted by Crippen LogP contribution is -2.31. The van der Waals surface area contributed by atoms with Gasteiger partial charge in [0, 0.05) is 41.7 Å². The van der Waals surface area contributed by atoms with Crippen molar-refractivity contribution in [3.05, 3.63) is 41.3 Å². The molecule has 1 aliphatic rings. The molecule has 4 rings (SSSR count). The molecule has 1 N–H and O–H groups in total. The summed E-state index contributed by atoms with van der Waals surface area (Å²) in [6.45, 7) is 5.93. The van der Waals surface area contributed by atoms with Crippen molar-refractivity contribution in [1.29, 1.82) is 0 Å². The molecule has 0 atom stereocenters. The highest BCUT2D eigenvalue weighted by Gasteiger charge is 2.22. The van der Waals surface area contributed by atoms with E-state index in [0.717, 1.165) is 58.9 Å². The average Bonchev–Trinajstić information content (AvgIpc) is 3.22. The number of hydrogen-bond acceptors (Lipinski definition) is 5. The minimum absolute atomic E-state index is 0.0739. The minimum Gasteiger partial charge on any atom is -0.358 e. The monoisotopic (exact) mass is 425 g/mol. The van der Waals surface area contributed by atoms with Crippen molar-refractivity contribution >= 4 is 34.4 Å². The van der Waals surface area contributed by atoms with Crippen LogP contribution in [0.15, 0.2) is 29.4 Å². The molecule has 1 aromatic carbocycles. The van der Waals surface area contributed by atoms with Crippen LogP contribution in [0.4, 0.5) is 0 Å². The van der Waals surface area contributed by atoms with Crippen LogP contribution in [-0.2, 0) is 17.9 Å². The van der Waals surface area contributed by atoms with Crippen LogP contribution in [0, 0.1) is 6.92 Å². The number of thioether (sulfide) groups is 1. The summed E-state index contributed by atoms with van der Waals surface area (Å²) in [6.07, 6.45) is 3.71. The number of aryl methyl sites for hydroxylation is 1. The van der Waals surface area contributed by atoms with Gasteiger partial charge in [0.2, 0.25) is 5.91 Å². The summed E-state index contributed by atoms with van der Waals surface area (Å²) >= 11 is 1.41. The third kappa shape index (κ3) is 4.14. The summed E-state index contributed by atoms with van der Waals surface area (Å²) in [4.78, 5) is 30.5. The number of nitrogens with one attached hydrogen (secondary N) is 1. The number of fused-ring (bicyclic) bond motifs is 1. The summed E-state index contributed by atoms with van der Waals surface area (Å²) in [7, 11) is 0. The molecule has 0 saturated carbocycles. The minimum atomic E-state index is 0.0739. The third-order valence-corrected chi connectivity index (χ3v) is 6.58. The van der Waals surface area contributed by atoms with Gasteiger partial charge in [-0.15, -0.1) is 10.2 Å². The molecule has 1 amide bonds. The molecule has 0 radical (unpaired) electrons. The smallest absolute Gasteiger partial charge is 0.222 e. The number of para-hydroxylation sites is 1. The fourth-order valence-corrected chi connectivity index (χ4v) is 4.97. The predicted octanol–water partition coefficient (Wildman–Crippen LogP) is 3.97. The molecule has 8 heteroatoms. The van der Waals surface area contributed by atoms with Gasteiger partial charge in [-0.3, -0.25) is 9.59 Å². The second-order valence-electron chi connectivity index (χ2n) is 7.65. The van der Waals surface area contributed by atoms with Crippen molar-refractivity contribution in [2.75, 3.05) is 12.3 Å². The highest BCUT2D eigenvalue weighted by atomic mass is 32.2. The summed E-state index contributed by atoms with van der Waals surface area (Å²) < 4.78 is 2.01. The largest absolute Gasteiger partial charge is 0.358 e. The summed E-state index contributed by atoms with van der Waals surface area (Å²) in [5.74, 6) is 1.34. The second kappa shape index (κ2) is 9.04. The molecule has 0 unspecified atom stereocenters. The Kier molecular flexibility index (Phi) is 6.22. The average molecular weight is 426 g/mol. The highest BCUT2D eigenvalue weighted by molar-refractivity contribution is 7.99. The molecule has 7 nitrogen and oxygen atoms in total. The lowest BCUT2D eigenvalue weighted by atomic mass is 10.1. The third-order valence-electron chi connectivity index (χ3n) is 5.62. The van der Waals surface area contributed by atoms with Crippen LogP contribution in [-0.4, -0.2) is 48.6 Å². The number of benzene rings is 1. The number of carbonyl (C=O) groups is 2. The van der Waals surface area contributed by atoms with Crippen molar-refractivity contribution in [1.82, 2.24) is 24.6 Å². The van der Waals surface area contributed by atoms with Crippen LogP contribution >= 0.6 is 11.8 Å². The zero-order chi connectivity index (χ0) is 21.1. The summed E-state index contributed by atoms with van der Waals surface area (Å²) in [6, 6.07) is 7.86. The molecule has 1 aliphatic heterocycles. The standard InChI is InChI=1S/C22H27N5O2S/c1-3-27-19(13-26-12-8-4-5-11-20(26)29)24-25-22(27)30-14-18(28)21-15(2)23-17-10-7-6-9-16(17)21/h6-7,9-10,23H,3-5,8,11-14H2,1-2H3. The molecule has 3 heterocycles. The van der Waals surface area contributed by atoms with E-state index in [1.807, 2.05) is 47.6 Å². The van der Waals surface area contributed by atoms with Crippen molar-refractivity contribution in [3.8, 4) is 0 Å².